The van der Waals surface area contributed by atoms with Gasteiger partial charge in [0, 0.05) is 50.2 Å². The number of carboxylic acids is 1. The van der Waals surface area contributed by atoms with Gasteiger partial charge in [0.05, 0.1) is 34.9 Å². The number of ether oxygens (including phenoxy) is 1. The predicted octanol–water partition coefficient (Wildman–Crippen LogP) is 5.38. The van der Waals surface area contributed by atoms with E-state index in [1.165, 1.54) is 6.07 Å². The van der Waals surface area contributed by atoms with E-state index >= 15 is 4.39 Å². The number of Topliss-reactive ketones (excluding diaryl/α,β-unsaturated/α-hetero) is 1. The van der Waals surface area contributed by atoms with Crippen LogP contribution < -0.4 is 5.32 Å². The van der Waals surface area contributed by atoms with Crippen molar-refractivity contribution >= 4 is 45.9 Å². The molecule has 0 radical (unpaired) electrons. The van der Waals surface area contributed by atoms with Gasteiger partial charge in [0.1, 0.15) is 5.82 Å². The predicted molar refractivity (Wildman–Crippen MR) is 166 cm³/mol. The van der Waals surface area contributed by atoms with E-state index in [0.717, 1.165) is 29.8 Å². The normalized spacial score (nSPS) is 22.5. The smallest absolute Gasteiger partial charge is 0.306 e. The van der Waals surface area contributed by atoms with Crippen molar-refractivity contribution in [2.24, 2.45) is 13.0 Å². The molecule has 45 heavy (non-hydrogen) atoms. The molecule has 2 saturated heterocycles. The Morgan fingerprint density at radius 2 is 1.82 bits per heavy atom. The Kier molecular flexibility index (Phi) is 9.26. The average molecular weight is 641 g/mol. The fraction of sp³-hybridized carbons (Fsp3) is 0.485. The van der Waals surface area contributed by atoms with Crippen LogP contribution in [-0.4, -0.2) is 75.5 Å². The highest BCUT2D eigenvalue weighted by Gasteiger charge is 2.54. The second-order valence-corrected chi connectivity index (χ2v) is 12.6. The van der Waals surface area contributed by atoms with E-state index in [1.807, 2.05) is 40.8 Å². The number of carbonyl (C=O) groups excluding carboxylic acids is 2. The number of aliphatic carboxylic acids is 1. The maximum atomic E-state index is 15.7. The van der Waals surface area contributed by atoms with Crippen LogP contribution in [0.5, 0.6) is 0 Å². The Morgan fingerprint density at radius 1 is 1.09 bits per heavy atom. The number of aryl methyl sites for hydroxylation is 1. The highest BCUT2D eigenvalue weighted by Crippen LogP contribution is 2.38. The van der Waals surface area contributed by atoms with E-state index in [1.54, 1.807) is 11.3 Å². The zero-order valence-electron chi connectivity index (χ0n) is 25.3. The van der Waals surface area contributed by atoms with Gasteiger partial charge < -0.3 is 19.7 Å². The number of hydroxylamine groups is 2. The maximum absolute atomic E-state index is 15.7. The number of halogens is 2. The third kappa shape index (κ3) is 6.24. The van der Waals surface area contributed by atoms with E-state index < -0.39 is 29.5 Å². The average Bonchev–Trinajstić information content (AvgIpc) is 3.82. The van der Waals surface area contributed by atoms with Crippen LogP contribution in [0.25, 0.3) is 10.9 Å². The zero-order chi connectivity index (χ0) is 31.7. The van der Waals surface area contributed by atoms with Crippen molar-refractivity contribution in [2.75, 3.05) is 31.6 Å². The lowest BCUT2D eigenvalue weighted by Gasteiger charge is -2.47. The minimum atomic E-state index is -1.58. The Balaban J connectivity index is 1.25. The molecule has 1 aromatic heterocycles. The Bertz CT molecular complexity index is 1580. The summed E-state index contributed by atoms with van der Waals surface area (Å²) >= 11 is 6.58. The number of benzene rings is 2. The molecule has 2 aliphatic heterocycles. The first-order valence-electron chi connectivity index (χ1n) is 15.6. The molecule has 2 N–H and O–H groups in total. The van der Waals surface area contributed by atoms with Gasteiger partial charge in [-0.2, -0.15) is 0 Å². The number of para-hydroxylation sites is 1. The molecule has 3 aliphatic rings. The van der Waals surface area contributed by atoms with Gasteiger partial charge in [0.15, 0.2) is 0 Å². The van der Waals surface area contributed by atoms with E-state index in [9.17, 15) is 19.5 Å². The van der Waals surface area contributed by atoms with Crippen molar-refractivity contribution in [3.63, 3.8) is 0 Å². The molecule has 2 aromatic carbocycles. The molecule has 1 aliphatic carbocycles. The van der Waals surface area contributed by atoms with Crippen molar-refractivity contribution in [1.29, 1.82) is 0 Å². The van der Waals surface area contributed by atoms with Crippen LogP contribution in [0.2, 0.25) is 5.02 Å². The number of aromatic nitrogens is 1. The molecule has 1 amide bonds. The first kappa shape index (κ1) is 31.6. The number of rotatable bonds is 10. The van der Waals surface area contributed by atoms with Gasteiger partial charge in [-0.3, -0.25) is 24.1 Å². The Morgan fingerprint density at radius 3 is 2.51 bits per heavy atom. The van der Waals surface area contributed by atoms with Crippen molar-refractivity contribution in [1.82, 2.24) is 14.5 Å². The highest BCUT2D eigenvalue weighted by atomic mass is 35.5. The number of likely N-dealkylation sites (tertiary alicyclic amines) is 1. The monoisotopic (exact) mass is 640 g/mol. The van der Waals surface area contributed by atoms with E-state index in [2.05, 4.69) is 5.32 Å². The molecule has 1 atom stereocenters. The SMILES string of the molecule is Cn1cc(C(=O)Nc2cc(F)c(CC(=O)C(OC3CCC(C(=O)O)CC3)(N3CCCC3)N3CCCO3)cc2Cl)c2ccccc21. The molecule has 240 valence electrons. The van der Waals surface area contributed by atoms with Crippen LogP contribution in [0.4, 0.5) is 10.1 Å². The van der Waals surface area contributed by atoms with Crippen LogP contribution in [0.1, 0.15) is 60.9 Å². The first-order valence-corrected chi connectivity index (χ1v) is 16.0. The van der Waals surface area contributed by atoms with Crippen LogP contribution in [0, 0.1) is 11.7 Å². The zero-order valence-corrected chi connectivity index (χ0v) is 26.0. The molecule has 0 spiro atoms. The van der Waals surface area contributed by atoms with Gasteiger partial charge in [-0.05, 0) is 68.7 Å². The summed E-state index contributed by atoms with van der Waals surface area (Å²) in [5.74, 6) is -4.31. The van der Waals surface area contributed by atoms with E-state index in [4.69, 9.17) is 21.2 Å². The van der Waals surface area contributed by atoms with E-state index in [0.29, 0.717) is 63.9 Å². The van der Waals surface area contributed by atoms with Gasteiger partial charge in [-0.15, -0.1) is 5.06 Å². The fourth-order valence-electron chi connectivity index (χ4n) is 6.86. The molecule has 12 heteroatoms. The van der Waals surface area contributed by atoms with Crippen molar-refractivity contribution in [3.8, 4) is 0 Å². The van der Waals surface area contributed by atoms with Gasteiger partial charge >= 0.3 is 5.97 Å². The lowest BCUT2D eigenvalue weighted by atomic mass is 9.87. The summed E-state index contributed by atoms with van der Waals surface area (Å²) < 4.78 is 24.3. The molecule has 6 rings (SSSR count). The van der Waals surface area contributed by atoms with Crippen LogP contribution in [-0.2, 0) is 32.6 Å². The number of carbonyl (C=O) groups is 3. The quantitative estimate of drug-likeness (QED) is 0.304. The second kappa shape index (κ2) is 13.2. The van der Waals surface area contributed by atoms with Crippen LogP contribution >= 0.6 is 11.6 Å². The number of anilines is 1. The van der Waals surface area contributed by atoms with Crippen molar-refractivity contribution in [2.45, 2.75) is 63.3 Å². The third-order valence-corrected chi connectivity index (χ3v) is 9.53. The standard InChI is InChI=1S/C33H38ClFN4O6/c1-37-20-25(24-7-2-3-8-29(24)37)31(41)36-28-19-27(35)22(17-26(28)34)18-30(40)33(38-13-4-5-14-38,39-15-6-16-44-39)45-23-11-9-21(10-12-23)32(42)43/h2-3,7-8,17,19-21,23H,4-6,9-16,18H2,1H3,(H,36,41)(H,42,43). The minimum absolute atomic E-state index is 0.0779. The summed E-state index contributed by atoms with van der Waals surface area (Å²) in [6.45, 7) is 2.12. The number of ketones is 1. The lowest BCUT2D eigenvalue weighted by Crippen LogP contribution is -2.67. The third-order valence-electron chi connectivity index (χ3n) is 9.22. The molecule has 3 fully saturated rings. The number of hydrogen-bond donors (Lipinski definition) is 2. The molecule has 1 unspecified atom stereocenters. The summed E-state index contributed by atoms with van der Waals surface area (Å²) in [4.78, 5) is 47.1. The number of amides is 1. The van der Waals surface area contributed by atoms with Crippen LogP contribution in [0.15, 0.2) is 42.6 Å². The van der Waals surface area contributed by atoms with Gasteiger partial charge in [0.25, 0.3) is 11.8 Å². The Hall–Kier alpha value is -3.35. The maximum Gasteiger partial charge on any atom is 0.306 e. The van der Waals surface area contributed by atoms with E-state index in [-0.39, 0.29) is 34.6 Å². The van der Waals surface area contributed by atoms with Crippen molar-refractivity contribution < 1.29 is 33.5 Å². The number of fused-ring (bicyclic) bond motifs is 1. The first-order chi connectivity index (χ1) is 21.7. The summed E-state index contributed by atoms with van der Waals surface area (Å²) in [6.07, 6.45) is 5.43. The summed E-state index contributed by atoms with van der Waals surface area (Å²) in [6, 6.07) is 10.0. The molecule has 1 saturated carbocycles. The fourth-order valence-corrected chi connectivity index (χ4v) is 7.09. The molecule has 3 aromatic rings. The van der Waals surface area contributed by atoms with Gasteiger partial charge in [-0.25, -0.2) is 4.39 Å². The second-order valence-electron chi connectivity index (χ2n) is 12.2. The molecular formula is C33H38ClFN4O6. The molecule has 3 heterocycles. The number of hydrogen-bond acceptors (Lipinski definition) is 7. The van der Waals surface area contributed by atoms with Gasteiger partial charge in [0.2, 0.25) is 5.78 Å². The highest BCUT2D eigenvalue weighted by molar-refractivity contribution is 6.34. The van der Waals surface area contributed by atoms with Gasteiger partial charge in [-0.1, -0.05) is 29.8 Å². The number of carboxylic acid groups (broad SMARTS) is 1. The van der Waals surface area contributed by atoms with Crippen LogP contribution in [0.3, 0.4) is 0 Å². The Labute approximate surface area is 266 Å². The summed E-state index contributed by atoms with van der Waals surface area (Å²) in [7, 11) is 1.84. The number of nitrogens with zero attached hydrogens (tertiary/aromatic N) is 3. The van der Waals surface area contributed by atoms with Crippen molar-refractivity contribution in [3.05, 3.63) is 64.6 Å². The number of nitrogens with one attached hydrogen (secondary N) is 1. The minimum Gasteiger partial charge on any atom is -0.481 e. The molecular weight excluding hydrogens is 603 g/mol. The topological polar surface area (TPSA) is 113 Å². The molecule has 0 bridgehead atoms. The molecule has 10 nitrogen and oxygen atoms in total. The lowest BCUT2D eigenvalue weighted by molar-refractivity contribution is -0.335. The largest absolute Gasteiger partial charge is 0.481 e. The summed E-state index contributed by atoms with van der Waals surface area (Å²) in [5.41, 5.74) is 1.49. The summed E-state index contributed by atoms with van der Waals surface area (Å²) in [5, 5.41) is 14.7.